The van der Waals surface area contributed by atoms with Gasteiger partial charge in [0.15, 0.2) is 0 Å². The van der Waals surface area contributed by atoms with Gasteiger partial charge >= 0.3 is 0 Å². The first-order valence-corrected chi connectivity index (χ1v) is 14.2. The van der Waals surface area contributed by atoms with Crippen LogP contribution in [0.5, 0.6) is 11.5 Å². The second-order valence-corrected chi connectivity index (χ2v) is 11.5. The molecule has 0 aliphatic rings. The average Bonchev–Trinajstić information content (AvgIpc) is 2.87. The minimum absolute atomic E-state index is 0.0787. The second kappa shape index (κ2) is 12.3. The average molecular weight is 539 g/mol. The van der Waals surface area contributed by atoms with Gasteiger partial charge in [-0.3, -0.25) is 9.10 Å². The minimum atomic E-state index is -4.03. The molecule has 204 valence electrons. The summed E-state index contributed by atoms with van der Waals surface area (Å²) in [6.07, 6.45) is 0. The van der Waals surface area contributed by atoms with E-state index in [4.69, 9.17) is 9.47 Å². The van der Waals surface area contributed by atoms with Crippen molar-refractivity contribution < 1.29 is 22.7 Å². The zero-order chi connectivity index (χ0) is 28.0. The number of ether oxygens (including phenoxy) is 2. The van der Waals surface area contributed by atoms with Gasteiger partial charge in [-0.15, -0.1) is 0 Å². The number of rotatable bonds is 11. The van der Waals surface area contributed by atoms with E-state index in [9.17, 15) is 13.2 Å². The van der Waals surface area contributed by atoms with Crippen molar-refractivity contribution in [3.8, 4) is 11.5 Å². The van der Waals surface area contributed by atoms with Crippen LogP contribution in [0.3, 0.4) is 0 Å². The van der Waals surface area contributed by atoms with Gasteiger partial charge in [0.2, 0.25) is 5.91 Å². The lowest BCUT2D eigenvalue weighted by Gasteiger charge is -2.26. The lowest BCUT2D eigenvalue weighted by molar-refractivity contribution is -0.120. The monoisotopic (exact) mass is 538 g/mol. The molecule has 0 aromatic heterocycles. The maximum absolute atomic E-state index is 13.7. The molecular weight excluding hydrogens is 500 g/mol. The molecule has 0 spiro atoms. The number of nitrogens with zero attached hydrogens (tertiary/aromatic N) is 1. The van der Waals surface area contributed by atoms with Crippen LogP contribution < -0.4 is 19.1 Å². The summed E-state index contributed by atoms with van der Waals surface area (Å²) in [5.41, 5.74) is 4.39. The molecule has 1 amide bonds. The molecule has 3 rings (SSSR count). The number of methoxy groups -OCH3 is 1. The van der Waals surface area contributed by atoms with Crippen molar-refractivity contribution in [1.29, 1.82) is 0 Å². The van der Waals surface area contributed by atoms with Crippen LogP contribution in [0.4, 0.5) is 5.69 Å². The number of amides is 1. The highest BCUT2D eigenvalue weighted by atomic mass is 32.2. The summed E-state index contributed by atoms with van der Waals surface area (Å²) in [6.45, 7) is 11.9. The van der Waals surface area contributed by atoms with Crippen LogP contribution in [0.1, 0.15) is 61.9 Å². The summed E-state index contributed by atoms with van der Waals surface area (Å²) in [6, 6.07) is 17.0. The number of hydrogen-bond donors (Lipinski definition) is 1. The van der Waals surface area contributed by atoms with Crippen molar-refractivity contribution in [2.45, 2.75) is 58.4 Å². The fraction of sp³-hybridized carbons (Fsp3) is 0.367. The lowest BCUT2D eigenvalue weighted by Crippen LogP contribution is -2.41. The third kappa shape index (κ3) is 6.67. The van der Waals surface area contributed by atoms with Crippen molar-refractivity contribution in [1.82, 2.24) is 5.32 Å². The summed E-state index contributed by atoms with van der Waals surface area (Å²) < 4.78 is 39.6. The van der Waals surface area contributed by atoms with E-state index in [1.165, 1.54) is 12.1 Å². The molecule has 0 heterocycles. The standard InChI is InChI=1S/C30H38N2O5S/c1-8-37-25-13-15-26(16-14-25)38(34,35)32(24-11-9-21(4)10-12-24)19-30(33)31-23(6)28-18-27(20(2)3)29(36-7)17-22(28)5/h9-18,20,23H,8,19H2,1-7H3,(H,31,33)/t23-/m1/s1. The molecule has 1 atom stereocenters. The van der Waals surface area contributed by atoms with Crippen LogP contribution in [0.25, 0.3) is 0 Å². The van der Waals surface area contributed by atoms with Crippen molar-refractivity contribution >= 4 is 21.6 Å². The lowest BCUT2D eigenvalue weighted by atomic mass is 9.93. The van der Waals surface area contributed by atoms with E-state index in [1.54, 1.807) is 31.4 Å². The molecule has 8 heteroatoms. The highest BCUT2D eigenvalue weighted by Crippen LogP contribution is 2.32. The Labute approximate surface area is 226 Å². The first-order valence-electron chi connectivity index (χ1n) is 12.8. The molecule has 0 saturated heterocycles. The maximum Gasteiger partial charge on any atom is 0.264 e. The Balaban J connectivity index is 1.90. The van der Waals surface area contributed by atoms with Gasteiger partial charge in [0, 0.05) is 0 Å². The smallest absolute Gasteiger partial charge is 0.264 e. The highest BCUT2D eigenvalue weighted by molar-refractivity contribution is 7.92. The predicted octanol–water partition coefficient (Wildman–Crippen LogP) is 5.91. The van der Waals surface area contributed by atoms with Crippen molar-refractivity contribution in [2.24, 2.45) is 0 Å². The van der Waals surface area contributed by atoms with E-state index >= 15 is 0 Å². The molecule has 0 unspecified atom stereocenters. The van der Waals surface area contributed by atoms with E-state index in [0.717, 1.165) is 32.3 Å². The van der Waals surface area contributed by atoms with E-state index < -0.39 is 15.9 Å². The third-order valence-corrected chi connectivity index (χ3v) is 8.20. The molecule has 0 radical (unpaired) electrons. The Bertz CT molecular complexity index is 1350. The number of nitrogens with one attached hydrogen (secondary N) is 1. The summed E-state index contributed by atoms with van der Waals surface area (Å²) in [5.74, 6) is 1.22. The van der Waals surface area contributed by atoms with Gasteiger partial charge < -0.3 is 14.8 Å². The molecule has 0 bridgehead atoms. The summed E-state index contributed by atoms with van der Waals surface area (Å²) in [7, 11) is -2.38. The second-order valence-electron chi connectivity index (χ2n) is 9.65. The van der Waals surface area contributed by atoms with Gasteiger partial charge in [0.25, 0.3) is 10.0 Å². The third-order valence-electron chi connectivity index (χ3n) is 6.42. The minimum Gasteiger partial charge on any atom is -0.496 e. The number of anilines is 1. The van der Waals surface area contributed by atoms with Gasteiger partial charge in [0.1, 0.15) is 18.0 Å². The first-order chi connectivity index (χ1) is 18.0. The van der Waals surface area contributed by atoms with Crippen LogP contribution in [0.2, 0.25) is 0 Å². The maximum atomic E-state index is 13.7. The van der Waals surface area contributed by atoms with E-state index in [0.29, 0.717) is 18.0 Å². The zero-order valence-corrected chi connectivity index (χ0v) is 24.1. The molecule has 0 aliphatic heterocycles. The molecule has 0 saturated carbocycles. The van der Waals surface area contributed by atoms with E-state index in [1.807, 2.05) is 45.9 Å². The van der Waals surface area contributed by atoms with Crippen molar-refractivity contribution in [3.63, 3.8) is 0 Å². The summed E-state index contributed by atoms with van der Waals surface area (Å²) in [4.78, 5) is 13.4. The molecule has 3 aromatic carbocycles. The number of sulfonamides is 1. The van der Waals surface area contributed by atoms with Crippen LogP contribution in [-0.4, -0.2) is 34.6 Å². The molecular formula is C30H38N2O5S. The Kier molecular flexibility index (Phi) is 9.44. The number of carbonyl (C=O) groups excluding carboxylic acids is 1. The van der Waals surface area contributed by atoms with Crippen LogP contribution >= 0.6 is 0 Å². The quantitative estimate of drug-likeness (QED) is 0.328. The van der Waals surface area contributed by atoms with Crippen LogP contribution in [-0.2, 0) is 14.8 Å². The van der Waals surface area contributed by atoms with E-state index in [2.05, 4.69) is 25.2 Å². The molecule has 7 nitrogen and oxygen atoms in total. The SMILES string of the molecule is CCOc1ccc(S(=O)(=O)N(CC(=O)N[C@H](C)c2cc(C(C)C)c(OC)cc2C)c2ccc(C)cc2)cc1. The number of hydrogen-bond acceptors (Lipinski definition) is 5. The molecule has 3 aromatic rings. The number of carbonyl (C=O) groups is 1. The number of benzene rings is 3. The van der Waals surface area contributed by atoms with Gasteiger partial charge in [-0.1, -0.05) is 31.5 Å². The van der Waals surface area contributed by atoms with Gasteiger partial charge in [-0.2, -0.15) is 0 Å². The van der Waals surface area contributed by atoms with Crippen molar-refractivity contribution in [3.05, 3.63) is 82.9 Å². The molecule has 0 fully saturated rings. The van der Waals surface area contributed by atoms with E-state index in [-0.39, 0.29) is 23.4 Å². The molecule has 1 N–H and O–H groups in total. The van der Waals surface area contributed by atoms with Gasteiger partial charge in [0.05, 0.1) is 30.3 Å². The number of aryl methyl sites for hydroxylation is 2. The fourth-order valence-electron chi connectivity index (χ4n) is 4.33. The van der Waals surface area contributed by atoms with Crippen molar-refractivity contribution in [2.75, 3.05) is 24.6 Å². The molecule has 38 heavy (non-hydrogen) atoms. The zero-order valence-electron chi connectivity index (χ0n) is 23.2. The topological polar surface area (TPSA) is 84.9 Å². The van der Waals surface area contributed by atoms with Crippen LogP contribution in [0, 0.1) is 13.8 Å². The Morgan fingerprint density at radius 3 is 2.13 bits per heavy atom. The van der Waals surface area contributed by atoms with Gasteiger partial charge in [-0.05, 0) is 98.8 Å². The van der Waals surface area contributed by atoms with Gasteiger partial charge in [-0.25, -0.2) is 8.42 Å². The highest BCUT2D eigenvalue weighted by Gasteiger charge is 2.28. The predicted molar refractivity (Wildman–Crippen MR) is 152 cm³/mol. The Morgan fingerprint density at radius 1 is 0.947 bits per heavy atom. The summed E-state index contributed by atoms with van der Waals surface area (Å²) in [5, 5.41) is 3.00. The molecule has 0 aliphatic carbocycles. The normalized spacial score (nSPS) is 12.2. The largest absolute Gasteiger partial charge is 0.496 e. The first kappa shape index (κ1) is 29.0. The summed E-state index contributed by atoms with van der Waals surface area (Å²) >= 11 is 0. The Morgan fingerprint density at radius 2 is 1.58 bits per heavy atom. The fourth-order valence-corrected chi connectivity index (χ4v) is 5.75. The van der Waals surface area contributed by atoms with Crippen LogP contribution in [0.15, 0.2) is 65.6 Å². The Hall–Kier alpha value is -3.52.